The first-order chi connectivity index (χ1) is 6.33. The fraction of sp³-hybridized carbons (Fsp3) is 0. The third-order valence-electron chi connectivity index (χ3n) is 1.61. The van der Waals surface area contributed by atoms with E-state index >= 15 is 0 Å². The zero-order chi connectivity index (χ0) is 9.26. The molecule has 2 rings (SSSR count). The maximum Gasteiger partial charge on any atom is 0.315 e. The molecule has 1 aromatic carbocycles. The molecule has 0 saturated carbocycles. The summed E-state index contributed by atoms with van der Waals surface area (Å²) >= 11 is 1.57. The fourth-order valence-corrected chi connectivity index (χ4v) is 1.28. The highest BCUT2D eigenvalue weighted by Gasteiger charge is 2.03. The molecule has 0 N–H and O–H groups in total. The van der Waals surface area contributed by atoms with Gasteiger partial charge in [0.2, 0.25) is 23.0 Å². The van der Waals surface area contributed by atoms with Crippen LogP contribution in [-0.2, 0) is 0 Å². The lowest BCUT2D eigenvalue weighted by atomic mass is 10.2. The molecule has 6 heteroatoms. The molecule has 1 heterocycles. The topological polar surface area (TPSA) is 57.0 Å². The molecule has 2 aromatic rings. The van der Waals surface area contributed by atoms with Crippen molar-refractivity contribution < 1.29 is 3.17 Å². The van der Waals surface area contributed by atoms with Crippen LogP contribution in [0.4, 0.5) is 0 Å². The number of hydrogen-bond donors (Lipinski definition) is 0. The second-order valence-corrected chi connectivity index (χ2v) is 2.75. The molecule has 0 fully saturated rings. The number of nitrogens with zero attached hydrogens (tertiary/aromatic N) is 3. The van der Waals surface area contributed by atoms with Crippen LogP contribution < -0.4 is 8.73 Å². The molecule has 0 aliphatic heterocycles. The van der Waals surface area contributed by atoms with Crippen molar-refractivity contribution in [2.45, 2.75) is 0 Å². The summed E-state index contributed by atoms with van der Waals surface area (Å²) in [5.41, 5.74) is 0.261. The summed E-state index contributed by atoms with van der Waals surface area (Å²) in [7, 11) is 0. The number of aromatic nitrogens is 3. The number of benzene rings is 1. The van der Waals surface area contributed by atoms with E-state index in [4.69, 9.17) is 0 Å². The normalized spacial score (nSPS) is 10.2. The van der Waals surface area contributed by atoms with Gasteiger partial charge in [0, 0.05) is 0 Å². The van der Waals surface area contributed by atoms with E-state index in [0.717, 1.165) is 4.85 Å². The molecule has 0 radical (unpaired) electrons. The average Bonchev–Trinajstić information content (AvgIpc) is 2.19. The molecule has 66 valence electrons. The van der Waals surface area contributed by atoms with Crippen LogP contribution in [0.3, 0.4) is 0 Å². The van der Waals surface area contributed by atoms with Crippen LogP contribution in [0.1, 0.15) is 0 Å². The van der Waals surface area contributed by atoms with E-state index in [0.29, 0.717) is 10.9 Å². The minimum Gasteiger partial charge on any atom is -0.323 e. The van der Waals surface area contributed by atoms with E-state index in [-0.39, 0.29) is 5.56 Å². The van der Waals surface area contributed by atoms with Gasteiger partial charge in [-0.25, -0.2) is 0 Å². The Bertz CT molecular complexity index is 496. The summed E-state index contributed by atoms with van der Waals surface area (Å²) in [6.45, 7) is 0. The lowest BCUT2D eigenvalue weighted by molar-refractivity contribution is 0.284. The molecule has 13 heavy (non-hydrogen) atoms. The van der Waals surface area contributed by atoms with Crippen LogP contribution in [-0.4, -0.2) is 15.2 Å². The van der Waals surface area contributed by atoms with Gasteiger partial charge in [0.05, 0.1) is 5.39 Å². The van der Waals surface area contributed by atoms with Crippen molar-refractivity contribution in [3.8, 4) is 0 Å². The average molecular weight is 289 g/mol. The Hall–Kier alpha value is -1.18. The highest BCUT2D eigenvalue weighted by atomic mass is 127. The molecule has 0 aliphatic rings. The quantitative estimate of drug-likeness (QED) is 0.720. The standard InChI is InChI=1S/C7H4IN3O2/c8-13-11-7(12)5-3-1-2-4-6(5)9-10-11/h1-4H. The van der Waals surface area contributed by atoms with E-state index in [1.54, 1.807) is 47.3 Å². The molecule has 0 saturated heterocycles. The van der Waals surface area contributed by atoms with Crippen LogP contribution in [0.15, 0.2) is 29.1 Å². The lowest BCUT2D eigenvalue weighted by Gasteiger charge is -1.98. The Morgan fingerprint density at radius 2 is 2.15 bits per heavy atom. The van der Waals surface area contributed by atoms with Crippen LogP contribution in [0.5, 0.6) is 0 Å². The van der Waals surface area contributed by atoms with Gasteiger partial charge in [0.25, 0.3) is 0 Å². The smallest absolute Gasteiger partial charge is 0.315 e. The van der Waals surface area contributed by atoms with E-state index in [1.807, 2.05) is 0 Å². The first-order valence-corrected chi connectivity index (χ1v) is 4.35. The molecule has 0 aliphatic carbocycles. The van der Waals surface area contributed by atoms with Crippen molar-refractivity contribution in [2.24, 2.45) is 0 Å². The molecule has 0 amide bonds. The third kappa shape index (κ3) is 1.37. The first-order valence-electron chi connectivity index (χ1n) is 3.47. The van der Waals surface area contributed by atoms with Crippen molar-refractivity contribution in [2.75, 3.05) is 0 Å². The zero-order valence-corrected chi connectivity index (χ0v) is 8.50. The minimum atomic E-state index is -0.306. The maximum atomic E-state index is 11.5. The maximum absolute atomic E-state index is 11.5. The van der Waals surface area contributed by atoms with E-state index in [9.17, 15) is 4.79 Å². The number of fused-ring (bicyclic) bond motifs is 1. The number of rotatable bonds is 1. The zero-order valence-electron chi connectivity index (χ0n) is 6.35. The Balaban J connectivity index is 2.87. The highest BCUT2D eigenvalue weighted by Crippen LogP contribution is 2.02. The Morgan fingerprint density at radius 3 is 2.92 bits per heavy atom. The molecule has 0 unspecified atom stereocenters. The predicted molar refractivity (Wildman–Crippen MR) is 54.4 cm³/mol. The molecule has 0 spiro atoms. The van der Waals surface area contributed by atoms with Gasteiger partial charge in [-0.15, -0.1) is 5.10 Å². The summed E-state index contributed by atoms with van der Waals surface area (Å²) in [5, 5.41) is 7.84. The second-order valence-electron chi connectivity index (χ2n) is 2.35. The van der Waals surface area contributed by atoms with Crippen molar-refractivity contribution in [1.29, 1.82) is 0 Å². The molecular formula is C7H4IN3O2. The minimum absolute atomic E-state index is 0.306. The highest BCUT2D eigenvalue weighted by molar-refractivity contribution is 14.1. The number of hydrogen-bond acceptors (Lipinski definition) is 4. The van der Waals surface area contributed by atoms with Gasteiger partial charge in [0.1, 0.15) is 5.52 Å². The van der Waals surface area contributed by atoms with E-state index in [1.165, 1.54) is 0 Å². The summed E-state index contributed by atoms with van der Waals surface area (Å²) in [6.07, 6.45) is 0. The van der Waals surface area contributed by atoms with Crippen molar-refractivity contribution >= 4 is 33.9 Å². The van der Waals surface area contributed by atoms with Gasteiger partial charge in [0.15, 0.2) is 0 Å². The largest absolute Gasteiger partial charge is 0.323 e. The van der Waals surface area contributed by atoms with E-state index < -0.39 is 0 Å². The first kappa shape index (κ1) is 8.42. The van der Waals surface area contributed by atoms with Gasteiger partial charge < -0.3 is 3.17 Å². The Labute approximate surface area is 87.0 Å². The van der Waals surface area contributed by atoms with Crippen LogP contribution in [0, 0.1) is 0 Å². The van der Waals surface area contributed by atoms with E-state index in [2.05, 4.69) is 13.5 Å². The van der Waals surface area contributed by atoms with Crippen molar-refractivity contribution in [1.82, 2.24) is 15.2 Å². The molecule has 0 bridgehead atoms. The van der Waals surface area contributed by atoms with Crippen molar-refractivity contribution in [3.05, 3.63) is 34.6 Å². The Morgan fingerprint density at radius 1 is 1.38 bits per heavy atom. The van der Waals surface area contributed by atoms with Gasteiger partial charge in [-0.2, -0.15) is 0 Å². The second kappa shape index (κ2) is 3.29. The summed E-state index contributed by atoms with van der Waals surface area (Å²) < 4.78 is 4.65. The van der Waals surface area contributed by atoms with Gasteiger partial charge in [-0.1, -0.05) is 12.1 Å². The molecular weight excluding hydrogens is 285 g/mol. The summed E-state index contributed by atoms with van der Waals surface area (Å²) in [6, 6.07) is 6.97. The third-order valence-corrected chi connectivity index (χ3v) is 1.98. The van der Waals surface area contributed by atoms with Crippen LogP contribution in [0.2, 0.25) is 0 Å². The van der Waals surface area contributed by atoms with Gasteiger partial charge in [-0.3, -0.25) is 4.79 Å². The molecule has 1 aromatic heterocycles. The Kier molecular flexibility index (Phi) is 2.13. The SMILES string of the molecule is O=c1c2ccccc2nnn1OI. The van der Waals surface area contributed by atoms with Crippen LogP contribution in [0.25, 0.3) is 10.9 Å². The number of halogens is 1. The predicted octanol–water partition coefficient (Wildman–Crippen LogP) is 0.570. The summed E-state index contributed by atoms with van der Waals surface area (Å²) in [5.74, 6) is 0. The van der Waals surface area contributed by atoms with Crippen LogP contribution >= 0.6 is 23.0 Å². The fourth-order valence-electron chi connectivity index (χ4n) is 1.02. The van der Waals surface area contributed by atoms with Crippen molar-refractivity contribution in [3.63, 3.8) is 0 Å². The molecule has 5 nitrogen and oxygen atoms in total. The van der Waals surface area contributed by atoms with Gasteiger partial charge >= 0.3 is 5.56 Å². The summed E-state index contributed by atoms with van der Waals surface area (Å²) in [4.78, 5) is 12.3. The lowest BCUT2D eigenvalue weighted by Crippen LogP contribution is -2.26. The van der Waals surface area contributed by atoms with Gasteiger partial charge in [-0.05, 0) is 22.2 Å². The monoisotopic (exact) mass is 289 g/mol. The molecule has 0 atom stereocenters.